The molecule has 1 amide bonds. The average molecular weight is 299 g/mol. The minimum Gasteiger partial charge on any atom is -0.496 e. The van der Waals surface area contributed by atoms with Gasteiger partial charge in [0.2, 0.25) is 11.9 Å². The van der Waals surface area contributed by atoms with Gasteiger partial charge in [0.05, 0.1) is 13.5 Å². The first-order chi connectivity index (χ1) is 10.4. The van der Waals surface area contributed by atoms with Crippen molar-refractivity contribution < 1.29 is 9.53 Å². The molecule has 0 spiro atoms. The summed E-state index contributed by atoms with van der Waals surface area (Å²) in [6, 6.07) is 7.53. The molecule has 1 aromatic heterocycles. The molecule has 5 heteroatoms. The van der Waals surface area contributed by atoms with Crippen molar-refractivity contribution in [3.8, 4) is 5.75 Å². The standard InChI is InChI=1S/C17H21N3O2/c1-17(2,3)13-10-12(6-7-14(13)22-4)11-15(21)20-16-18-8-5-9-19-16/h5-10H,11H2,1-4H3,(H,18,19,20,21). The molecule has 116 valence electrons. The number of ether oxygens (including phenoxy) is 1. The van der Waals surface area contributed by atoms with E-state index in [1.165, 1.54) is 0 Å². The first-order valence-electron chi connectivity index (χ1n) is 7.14. The molecule has 0 bridgehead atoms. The van der Waals surface area contributed by atoms with E-state index in [9.17, 15) is 4.79 Å². The van der Waals surface area contributed by atoms with E-state index in [4.69, 9.17) is 4.74 Å². The van der Waals surface area contributed by atoms with Gasteiger partial charge >= 0.3 is 0 Å². The summed E-state index contributed by atoms with van der Waals surface area (Å²) >= 11 is 0. The fourth-order valence-electron chi connectivity index (χ4n) is 2.17. The van der Waals surface area contributed by atoms with Crippen LogP contribution in [0, 0.1) is 0 Å². The minimum absolute atomic E-state index is 0.0552. The van der Waals surface area contributed by atoms with Crippen LogP contribution in [0.3, 0.4) is 0 Å². The number of carbonyl (C=O) groups is 1. The van der Waals surface area contributed by atoms with Crippen molar-refractivity contribution in [2.45, 2.75) is 32.6 Å². The van der Waals surface area contributed by atoms with Crippen molar-refractivity contribution in [2.24, 2.45) is 0 Å². The lowest BCUT2D eigenvalue weighted by Crippen LogP contribution is -2.17. The van der Waals surface area contributed by atoms with Gasteiger partial charge < -0.3 is 4.74 Å². The van der Waals surface area contributed by atoms with Crippen LogP contribution < -0.4 is 10.1 Å². The number of amides is 1. The summed E-state index contributed by atoms with van der Waals surface area (Å²) < 4.78 is 5.41. The molecule has 0 unspecified atom stereocenters. The molecule has 0 saturated carbocycles. The maximum Gasteiger partial charge on any atom is 0.231 e. The van der Waals surface area contributed by atoms with Crippen molar-refractivity contribution in [2.75, 3.05) is 12.4 Å². The van der Waals surface area contributed by atoms with Gasteiger partial charge in [-0.3, -0.25) is 10.1 Å². The highest BCUT2D eigenvalue weighted by atomic mass is 16.5. The van der Waals surface area contributed by atoms with E-state index in [2.05, 4.69) is 36.1 Å². The Hall–Kier alpha value is -2.43. The summed E-state index contributed by atoms with van der Waals surface area (Å²) in [5, 5.41) is 2.68. The zero-order valence-electron chi connectivity index (χ0n) is 13.4. The fourth-order valence-corrected chi connectivity index (χ4v) is 2.17. The van der Waals surface area contributed by atoms with Crippen LogP contribution in [-0.2, 0) is 16.6 Å². The SMILES string of the molecule is COc1ccc(CC(=O)Nc2ncccn2)cc1C(C)(C)C. The summed E-state index contributed by atoms with van der Waals surface area (Å²) in [5.74, 6) is 1.01. The molecule has 2 aromatic rings. The lowest BCUT2D eigenvalue weighted by molar-refractivity contribution is -0.115. The van der Waals surface area contributed by atoms with Gasteiger partial charge in [-0.25, -0.2) is 9.97 Å². The Labute approximate surface area is 130 Å². The average Bonchev–Trinajstić information content (AvgIpc) is 2.47. The maximum atomic E-state index is 12.1. The second-order valence-corrected chi connectivity index (χ2v) is 6.08. The number of anilines is 1. The number of aromatic nitrogens is 2. The van der Waals surface area contributed by atoms with Crippen LogP contribution in [0.2, 0.25) is 0 Å². The Bertz CT molecular complexity index is 649. The van der Waals surface area contributed by atoms with E-state index in [1.807, 2.05) is 18.2 Å². The number of hydrogen-bond acceptors (Lipinski definition) is 4. The Morgan fingerprint density at radius 2 is 1.91 bits per heavy atom. The first-order valence-corrected chi connectivity index (χ1v) is 7.14. The highest BCUT2D eigenvalue weighted by molar-refractivity contribution is 5.90. The Kier molecular flexibility index (Phi) is 4.75. The molecule has 1 heterocycles. The molecule has 0 radical (unpaired) electrons. The van der Waals surface area contributed by atoms with Gasteiger partial charge in [-0.2, -0.15) is 0 Å². The number of methoxy groups -OCH3 is 1. The Morgan fingerprint density at radius 3 is 2.50 bits per heavy atom. The van der Waals surface area contributed by atoms with Crippen molar-refractivity contribution in [1.82, 2.24) is 9.97 Å². The Morgan fingerprint density at radius 1 is 1.23 bits per heavy atom. The lowest BCUT2D eigenvalue weighted by atomic mass is 9.85. The summed E-state index contributed by atoms with van der Waals surface area (Å²) in [6.07, 6.45) is 3.45. The van der Waals surface area contributed by atoms with E-state index in [0.717, 1.165) is 16.9 Å². The third kappa shape index (κ3) is 4.04. The number of rotatable bonds is 4. The highest BCUT2D eigenvalue weighted by Crippen LogP contribution is 2.32. The molecular formula is C17H21N3O2. The predicted molar refractivity (Wildman–Crippen MR) is 86.1 cm³/mol. The molecule has 5 nitrogen and oxygen atoms in total. The number of nitrogens with zero attached hydrogens (tertiary/aromatic N) is 2. The molecule has 2 rings (SSSR count). The number of nitrogens with one attached hydrogen (secondary N) is 1. The minimum atomic E-state index is -0.142. The molecule has 22 heavy (non-hydrogen) atoms. The van der Waals surface area contributed by atoms with Gasteiger partial charge in [0, 0.05) is 12.4 Å². The number of carbonyl (C=O) groups excluding carboxylic acids is 1. The van der Waals surface area contributed by atoms with E-state index < -0.39 is 0 Å². The van der Waals surface area contributed by atoms with Crippen molar-refractivity contribution in [1.29, 1.82) is 0 Å². The number of hydrogen-bond donors (Lipinski definition) is 1. The first kappa shape index (κ1) is 15.9. The van der Waals surface area contributed by atoms with Gasteiger partial charge in [0.15, 0.2) is 0 Å². The lowest BCUT2D eigenvalue weighted by Gasteiger charge is -2.22. The van der Waals surface area contributed by atoms with E-state index in [1.54, 1.807) is 25.6 Å². The van der Waals surface area contributed by atoms with Gasteiger partial charge in [0.1, 0.15) is 5.75 Å². The largest absolute Gasteiger partial charge is 0.496 e. The molecule has 0 saturated heterocycles. The predicted octanol–water partition coefficient (Wildman–Crippen LogP) is 2.96. The quantitative estimate of drug-likeness (QED) is 0.942. The summed E-state index contributed by atoms with van der Waals surface area (Å²) in [4.78, 5) is 20.0. The maximum absolute atomic E-state index is 12.1. The topological polar surface area (TPSA) is 64.1 Å². The van der Waals surface area contributed by atoms with Crippen LogP contribution in [0.15, 0.2) is 36.7 Å². The Balaban J connectivity index is 2.14. The van der Waals surface area contributed by atoms with Crippen LogP contribution >= 0.6 is 0 Å². The van der Waals surface area contributed by atoms with Crippen LogP contribution in [-0.4, -0.2) is 23.0 Å². The summed E-state index contributed by atoms with van der Waals surface area (Å²) in [6.45, 7) is 6.35. The van der Waals surface area contributed by atoms with Crippen molar-refractivity contribution >= 4 is 11.9 Å². The van der Waals surface area contributed by atoms with E-state index in [0.29, 0.717) is 5.95 Å². The zero-order chi connectivity index (χ0) is 16.2. The smallest absolute Gasteiger partial charge is 0.231 e. The van der Waals surface area contributed by atoms with Crippen LogP contribution in [0.1, 0.15) is 31.9 Å². The van der Waals surface area contributed by atoms with Crippen LogP contribution in [0.4, 0.5) is 5.95 Å². The van der Waals surface area contributed by atoms with Gasteiger partial charge in [-0.05, 0) is 28.7 Å². The summed E-state index contributed by atoms with van der Waals surface area (Å²) in [5.41, 5.74) is 1.95. The molecule has 0 aliphatic heterocycles. The fraction of sp³-hybridized carbons (Fsp3) is 0.353. The molecule has 0 aliphatic rings. The molecule has 0 aliphatic carbocycles. The zero-order valence-corrected chi connectivity index (χ0v) is 13.4. The third-order valence-corrected chi connectivity index (χ3v) is 3.25. The van der Waals surface area contributed by atoms with Gasteiger partial charge in [-0.15, -0.1) is 0 Å². The molecular weight excluding hydrogens is 278 g/mol. The molecule has 1 aromatic carbocycles. The van der Waals surface area contributed by atoms with E-state index in [-0.39, 0.29) is 17.7 Å². The van der Waals surface area contributed by atoms with Crippen molar-refractivity contribution in [3.63, 3.8) is 0 Å². The molecule has 0 fully saturated rings. The number of benzene rings is 1. The summed E-state index contributed by atoms with van der Waals surface area (Å²) in [7, 11) is 1.66. The monoisotopic (exact) mass is 299 g/mol. The van der Waals surface area contributed by atoms with Crippen LogP contribution in [0.25, 0.3) is 0 Å². The normalized spacial score (nSPS) is 11.1. The van der Waals surface area contributed by atoms with E-state index >= 15 is 0 Å². The van der Waals surface area contributed by atoms with Crippen molar-refractivity contribution in [3.05, 3.63) is 47.8 Å². The van der Waals surface area contributed by atoms with Gasteiger partial charge in [-0.1, -0.05) is 32.9 Å². The van der Waals surface area contributed by atoms with Crippen LogP contribution in [0.5, 0.6) is 5.75 Å². The highest BCUT2D eigenvalue weighted by Gasteiger charge is 2.19. The second-order valence-electron chi connectivity index (χ2n) is 6.08. The van der Waals surface area contributed by atoms with Gasteiger partial charge in [0.25, 0.3) is 0 Å². The second kappa shape index (κ2) is 6.56. The molecule has 1 N–H and O–H groups in total. The third-order valence-electron chi connectivity index (χ3n) is 3.25. The molecule has 0 atom stereocenters.